The van der Waals surface area contributed by atoms with Crippen molar-refractivity contribution in [1.82, 2.24) is 9.97 Å². The molecule has 0 aliphatic rings. The van der Waals surface area contributed by atoms with Crippen LogP contribution in [0.15, 0.2) is 42.7 Å². The normalized spacial score (nSPS) is 10.6. The Morgan fingerprint density at radius 1 is 0.933 bits per heavy atom. The summed E-state index contributed by atoms with van der Waals surface area (Å²) in [6.07, 6.45) is 1.70. The third kappa shape index (κ3) is 2.01. The topological polar surface area (TPSA) is 66.2 Å². The molecule has 0 aromatic carbocycles. The Kier molecular flexibility index (Phi) is 2.71. The molecule has 2 aromatic rings. The smallest absolute Gasteiger partial charge is 0.180 e. The second kappa shape index (κ2) is 4.16. The fourth-order valence-electron chi connectivity index (χ4n) is 1.34. The Balaban J connectivity index is 2.53. The largest absolute Gasteiger partial charge is 0.364 e. The standard InChI is InChI=1S/C11H10N2O2/c14-11(15)8-4-3-7-13-10(8)9-5-1-2-6-12-9/h1-7,11,14-15H. The zero-order valence-electron chi connectivity index (χ0n) is 7.91. The van der Waals surface area contributed by atoms with Gasteiger partial charge in [0.2, 0.25) is 0 Å². The van der Waals surface area contributed by atoms with Gasteiger partial charge < -0.3 is 10.2 Å². The highest BCUT2D eigenvalue weighted by Crippen LogP contribution is 2.22. The zero-order chi connectivity index (χ0) is 10.7. The van der Waals surface area contributed by atoms with E-state index in [9.17, 15) is 0 Å². The molecule has 0 saturated carbocycles. The van der Waals surface area contributed by atoms with Gasteiger partial charge in [-0.25, -0.2) is 0 Å². The van der Waals surface area contributed by atoms with Gasteiger partial charge in [0.15, 0.2) is 6.29 Å². The number of nitrogens with zero attached hydrogens (tertiary/aromatic N) is 2. The lowest BCUT2D eigenvalue weighted by molar-refractivity contribution is -0.0422. The van der Waals surface area contributed by atoms with Crippen LogP contribution in [-0.2, 0) is 0 Å². The van der Waals surface area contributed by atoms with Crippen molar-refractivity contribution in [1.29, 1.82) is 0 Å². The third-order valence-electron chi connectivity index (χ3n) is 2.02. The second-order valence-corrected chi connectivity index (χ2v) is 3.03. The van der Waals surface area contributed by atoms with Gasteiger partial charge in [0.05, 0.1) is 11.4 Å². The first-order valence-corrected chi connectivity index (χ1v) is 4.51. The summed E-state index contributed by atoms with van der Waals surface area (Å²) >= 11 is 0. The lowest BCUT2D eigenvalue weighted by Gasteiger charge is -2.08. The molecule has 2 heterocycles. The van der Waals surface area contributed by atoms with Crippen LogP contribution in [0.3, 0.4) is 0 Å². The van der Waals surface area contributed by atoms with Crippen LogP contribution in [0.2, 0.25) is 0 Å². The van der Waals surface area contributed by atoms with Crippen molar-refractivity contribution in [2.75, 3.05) is 0 Å². The molecule has 15 heavy (non-hydrogen) atoms. The van der Waals surface area contributed by atoms with Gasteiger partial charge in [0, 0.05) is 18.0 Å². The molecule has 2 aromatic heterocycles. The third-order valence-corrected chi connectivity index (χ3v) is 2.02. The number of hydrogen-bond acceptors (Lipinski definition) is 4. The molecular weight excluding hydrogens is 192 g/mol. The Morgan fingerprint density at radius 2 is 1.73 bits per heavy atom. The molecular formula is C11H10N2O2. The van der Waals surface area contributed by atoms with Crippen LogP contribution in [0.1, 0.15) is 11.9 Å². The molecule has 0 radical (unpaired) electrons. The van der Waals surface area contributed by atoms with Gasteiger partial charge in [0.25, 0.3) is 0 Å². The fraction of sp³-hybridized carbons (Fsp3) is 0.0909. The second-order valence-electron chi connectivity index (χ2n) is 3.03. The average Bonchev–Trinajstić information content (AvgIpc) is 2.30. The van der Waals surface area contributed by atoms with Gasteiger partial charge in [-0.1, -0.05) is 12.1 Å². The van der Waals surface area contributed by atoms with Gasteiger partial charge in [0.1, 0.15) is 0 Å². The number of pyridine rings is 2. The van der Waals surface area contributed by atoms with E-state index in [0.29, 0.717) is 17.0 Å². The fourth-order valence-corrected chi connectivity index (χ4v) is 1.34. The van der Waals surface area contributed by atoms with Gasteiger partial charge in [-0.15, -0.1) is 0 Å². The summed E-state index contributed by atoms with van der Waals surface area (Å²) in [5.41, 5.74) is 1.48. The van der Waals surface area contributed by atoms with Crippen LogP contribution < -0.4 is 0 Å². The summed E-state index contributed by atoms with van der Waals surface area (Å²) in [6.45, 7) is 0. The van der Waals surface area contributed by atoms with E-state index in [-0.39, 0.29) is 0 Å². The van der Waals surface area contributed by atoms with Crippen molar-refractivity contribution in [2.45, 2.75) is 6.29 Å². The SMILES string of the molecule is OC(O)c1cccnc1-c1ccccn1. The predicted molar refractivity (Wildman–Crippen MR) is 54.6 cm³/mol. The first-order valence-electron chi connectivity index (χ1n) is 4.51. The molecule has 0 aliphatic carbocycles. The Morgan fingerprint density at radius 3 is 2.40 bits per heavy atom. The molecule has 2 N–H and O–H groups in total. The molecule has 2 rings (SSSR count). The molecule has 0 amide bonds. The number of hydrogen-bond donors (Lipinski definition) is 2. The molecule has 0 unspecified atom stereocenters. The van der Waals surface area contributed by atoms with Crippen LogP contribution in [0.5, 0.6) is 0 Å². The molecule has 0 fully saturated rings. The van der Waals surface area contributed by atoms with Gasteiger partial charge in [-0.05, 0) is 18.2 Å². The van der Waals surface area contributed by atoms with Crippen LogP contribution in [-0.4, -0.2) is 20.2 Å². The van der Waals surface area contributed by atoms with Crippen LogP contribution >= 0.6 is 0 Å². The monoisotopic (exact) mass is 202 g/mol. The molecule has 0 spiro atoms. The molecule has 0 atom stereocenters. The summed E-state index contributed by atoms with van der Waals surface area (Å²) in [5, 5.41) is 18.3. The summed E-state index contributed by atoms with van der Waals surface area (Å²) in [6, 6.07) is 8.66. The molecule has 0 saturated heterocycles. The molecule has 0 aliphatic heterocycles. The Bertz CT molecular complexity index is 443. The maximum atomic E-state index is 9.15. The first kappa shape index (κ1) is 9.76. The van der Waals surface area contributed by atoms with Crippen LogP contribution in [0.4, 0.5) is 0 Å². The van der Waals surface area contributed by atoms with E-state index in [1.165, 1.54) is 0 Å². The van der Waals surface area contributed by atoms with E-state index in [4.69, 9.17) is 10.2 Å². The molecule has 76 valence electrons. The maximum Gasteiger partial charge on any atom is 0.180 e. The average molecular weight is 202 g/mol. The summed E-state index contributed by atoms with van der Waals surface area (Å²) in [5.74, 6) is 0. The number of aliphatic hydroxyl groups excluding tert-OH is 1. The Labute approximate surface area is 86.9 Å². The van der Waals surface area contributed by atoms with Gasteiger partial charge in [-0.2, -0.15) is 0 Å². The quantitative estimate of drug-likeness (QED) is 0.716. The van der Waals surface area contributed by atoms with E-state index in [0.717, 1.165) is 0 Å². The number of rotatable bonds is 2. The zero-order valence-corrected chi connectivity index (χ0v) is 7.91. The molecule has 4 heteroatoms. The maximum absolute atomic E-state index is 9.15. The van der Waals surface area contributed by atoms with Crippen LogP contribution in [0.25, 0.3) is 11.4 Å². The Hall–Kier alpha value is -1.78. The van der Waals surface area contributed by atoms with E-state index in [2.05, 4.69) is 9.97 Å². The van der Waals surface area contributed by atoms with Crippen molar-refractivity contribution in [2.24, 2.45) is 0 Å². The lowest BCUT2D eigenvalue weighted by atomic mass is 10.1. The highest BCUT2D eigenvalue weighted by Gasteiger charge is 2.11. The highest BCUT2D eigenvalue weighted by atomic mass is 16.5. The summed E-state index contributed by atoms with van der Waals surface area (Å²) in [4.78, 5) is 8.20. The van der Waals surface area contributed by atoms with Gasteiger partial charge in [-0.3, -0.25) is 9.97 Å². The minimum absolute atomic E-state index is 0.358. The first-order chi connectivity index (χ1) is 7.29. The molecule has 4 nitrogen and oxygen atoms in total. The minimum atomic E-state index is -1.53. The van der Waals surface area contributed by atoms with E-state index in [1.54, 1.807) is 36.7 Å². The number of aromatic nitrogens is 2. The highest BCUT2D eigenvalue weighted by molar-refractivity contribution is 5.58. The number of aliphatic hydroxyl groups is 2. The van der Waals surface area contributed by atoms with E-state index < -0.39 is 6.29 Å². The van der Waals surface area contributed by atoms with E-state index >= 15 is 0 Å². The lowest BCUT2D eigenvalue weighted by Crippen LogP contribution is -2.00. The van der Waals surface area contributed by atoms with E-state index in [1.807, 2.05) is 6.07 Å². The molecule has 0 bridgehead atoms. The van der Waals surface area contributed by atoms with Crippen molar-refractivity contribution in [3.8, 4) is 11.4 Å². The summed E-state index contributed by atoms with van der Waals surface area (Å²) < 4.78 is 0. The van der Waals surface area contributed by atoms with Crippen LogP contribution in [0, 0.1) is 0 Å². The van der Waals surface area contributed by atoms with Crippen molar-refractivity contribution in [3.05, 3.63) is 48.3 Å². The predicted octanol–water partition coefficient (Wildman–Crippen LogP) is 1.13. The van der Waals surface area contributed by atoms with Crippen molar-refractivity contribution >= 4 is 0 Å². The van der Waals surface area contributed by atoms with Gasteiger partial charge >= 0.3 is 0 Å². The van der Waals surface area contributed by atoms with Crippen molar-refractivity contribution < 1.29 is 10.2 Å². The van der Waals surface area contributed by atoms with Crippen molar-refractivity contribution in [3.63, 3.8) is 0 Å². The minimum Gasteiger partial charge on any atom is -0.364 e. The summed E-state index contributed by atoms with van der Waals surface area (Å²) in [7, 11) is 0.